The lowest BCUT2D eigenvalue weighted by molar-refractivity contribution is 0.0948. The molecule has 2 heterocycles. The maximum atomic E-state index is 12.0. The van der Waals surface area contributed by atoms with Crippen LogP contribution in [0.1, 0.15) is 35.5 Å². The number of pyridine rings is 1. The second-order valence-corrected chi connectivity index (χ2v) is 4.60. The van der Waals surface area contributed by atoms with Crippen LogP contribution in [0.5, 0.6) is 0 Å². The Bertz CT molecular complexity index is 597. The molecule has 0 aliphatic rings. The van der Waals surface area contributed by atoms with Crippen molar-refractivity contribution in [2.75, 3.05) is 18.4 Å². The lowest BCUT2D eigenvalue weighted by atomic mass is 10.3. The van der Waals surface area contributed by atoms with Crippen molar-refractivity contribution in [2.45, 2.75) is 26.7 Å². The van der Waals surface area contributed by atoms with Crippen LogP contribution in [0.4, 0.5) is 5.69 Å². The molecule has 2 rings (SSSR count). The fourth-order valence-electron chi connectivity index (χ4n) is 1.75. The molecule has 0 unspecified atom stereocenters. The van der Waals surface area contributed by atoms with Gasteiger partial charge in [0.25, 0.3) is 5.91 Å². The standard InChI is InChI=1S/C14H19N5O2/c1-3-6-15-11-4-7-16-12(9-11)14(20)17-8-5-13-18-10(2)19-21-13/h4,7,9H,3,5-6,8H2,1-2H3,(H,15,16)(H,17,20). The van der Waals surface area contributed by atoms with E-state index in [9.17, 15) is 4.79 Å². The van der Waals surface area contributed by atoms with E-state index in [2.05, 4.69) is 32.7 Å². The third kappa shape index (κ3) is 4.55. The molecule has 0 saturated carbocycles. The van der Waals surface area contributed by atoms with Crippen LogP contribution in [0.2, 0.25) is 0 Å². The zero-order valence-electron chi connectivity index (χ0n) is 12.2. The van der Waals surface area contributed by atoms with Crippen LogP contribution in [0.3, 0.4) is 0 Å². The van der Waals surface area contributed by atoms with Gasteiger partial charge in [0, 0.05) is 31.4 Å². The third-order valence-corrected chi connectivity index (χ3v) is 2.77. The molecule has 0 aliphatic heterocycles. The Labute approximate surface area is 123 Å². The predicted molar refractivity (Wildman–Crippen MR) is 78.1 cm³/mol. The quantitative estimate of drug-likeness (QED) is 0.803. The molecule has 112 valence electrons. The zero-order chi connectivity index (χ0) is 15.1. The van der Waals surface area contributed by atoms with Gasteiger partial charge in [-0.1, -0.05) is 12.1 Å². The van der Waals surface area contributed by atoms with E-state index in [4.69, 9.17) is 4.52 Å². The smallest absolute Gasteiger partial charge is 0.269 e. The van der Waals surface area contributed by atoms with Crippen LogP contribution >= 0.6 is 0 Å². The second-order valence-electron chi connectivity index (χ2n) is 4.60. The van der Waals surface area contributed by atoms with Crippen LogP contribution < -0.4 is 10.6 Å². The molecule has 2 aromatic heterocycles. The van der Waals surface area contributed by atoms with Gasteiger partial charge in [-0.3, -0.25) is 9.78 Å². The van der Waals surface area contributed by atoms with Gasteiger partial charge in [-0.15, -0.1) is 0 Å². The van der Waals surface area contributed by atoms with Crippen molar-refractivity contribution >= 4 is 11.6 Å². The van der Waals surface area contributed by atoms with E-state index >= 15 is 0 Å². The van der Waals surface area contributed by atoms with Gasteiger partial charge in [-0.05, 0) is 25.5 Å². The number of rotatable bonds is 7. The molecular formula is C14H19N5O2. The van der Waals surface area contributed by atoms with Crippen molar-refractivity contribution in [3.8, 4) is 0 Å². The zero-order valence-corrected chi connectivity index (χ0v) is 12.2. The monoisotopic (exact) mass is 289 g/mol. The Hall–Kier alpha value is -2.44. The Morgan fingerprint density at radius 2 is 2.24 bits per heavy atom. The van der Waals surface area contributed by atoms with Gasteiger partial charge in [-0.25, -0.2) is 0 Å². The summed E-state index contributed by atoms with van der Waals surface area (Å²) in [5, 5.41) is 9.70. The number of aryl methyl sites for hydroxylation is 1. The van der Waals surface area contributed by atoms with Gasteiger partial charge >= 0.3 is 0 Å². The number of amides is 1. The Morgan fingerprint density at radius 1 is 1.38 bits per heavy atom. The minimum atomic E-state index is -0.216. The number of carbonyl (C=O) groups excluding carboxylic acids is 1. The summed E-state index contributed by atoms with van der Waals surface area (Å²) in [6.45, 7) is 5.13. The lowest BCUT2D eigenvalue weighted by Gasteiger charge is -2.07. The number of hydrogen-bond acceptors (Lipinski definition) is 6. The number of nitrogens with zero attached hydrogens (tertiary/aromatic N) is 3. The maximum Gasteiger partial charge on any atom is 0.269 e. The highest BCUT2D eigenvalue weighted by molar-refractivity contribution is 5.93. The van der Waals surface area contributed by atoms with Crippen molar-refractivity contribution < 1.29 is 9.32 Å². The van der Waals surface area contributed by atoms with E-state index in [1.807, 2.05) is 6.07 Å². The first-order valence-electron chi connectivity index (χ1n) is 6.96. The average molecular weight is 289 g/mol. The Balaban J connectivity index is 1.85. The van der Waals surface area contributed by atoms with E-state index in [0.29, 0.717) is 30.4 Å². The van der Waals surface area contributed by atoms with E-state index in [-0.39, 0.29) is 5.91 Å². The number of carbonyl (C=O) groups is 1. The first-order valence-corrected chi connectivity index (χ1v) is 6.96. The molecule has 2 aromatic rings. The average Bonchev–Trinajstić information content (AvgIpc) is 2.91. The largest absolute Gasteiger partial charge is 0.385 e. The highest BCUT2D eigenvalue weighted by atomic mass is 16.5. The minimum absolute atomic E-state index is 0.216. The maximum absolute atomic E-state index is 12.0. The minimum Gasteiger partial charge on any atom is -0.385 e. The molecule has 0 aliphatic carbocycles. The first kappa shape index (κ1) is 15.0. The van der Waals surface area contributed by atoms with Crippen molar-refractivity contribution in [3.05, 3.63) is 35.7 Å². The number of anilines is 1. The van der Waals surface area contributed by atoms with Crippen LogP contribution in [0.15, 0.2) is 22.9 Å². The summed E-state index contributed by atoms with van der Waals surface area (Å²) in [6, 6.07) is 3.58. The van der Waals surface area contributed by atoms with E-state index in [1.54, 1.807) is 19.2 Å². The van der Waals surface area contributed by atoms with Crippen LogP contribution in [-0.2, 0) is 6.42 Å². The first-order chi connectivity index (χ1) is 10.2. The highest BCUT2D eigenvalue weighted by Gasteiger charge is 2.09. The molecule has 1 amide bonds. The van der Waals surface area contributed by atoms with E-state index < -0.39 is 0 Å². The summed E-state index contributed by atoms with van der Waals surface area (Å²) in [5.41, 5.74) is 1.28. The van der Waals surface area contributed by atoms with E-state index in [1.165, 1.54) is 0 Å². The van der Waals surface area contributed by atoms with Crippen molar-refractivity contribution in [1.29, 1.82) is 0 Å². The molecule has 0 fully saturated rings. The summed E-state index contributed by atoms with van der Waals surface area (Å²) in [7, 11) is 0. The Kier molecular flexibility index (Phi) is 5.25. The summed E-state index contributed by atoms with van der Waals surface area (Å²) < 4.78 is 4.98. The molecule has 2 N–H and O–H groups in total. The normalized spacial score (nSPS) is 10.4. The topological polar surface area (TPSA) is 92.9 Å². The Morgan fingerprint density at radius 3 is 2.95 bits per heavy atom. The second kappa shape index (κ2) is 7.37. The summed E-state index contributed by atoms with van der Waals surface area (Å²) in [6.07, 6.45) is 3.14. The third-order valence-electron chi connectivity index (χ3n) is 2.77. The molecule has 21 heavy (non-hydrogen) atoms. The van der Waals surface area contributed by atoms with Crippen molar-refractivity contribution in [2.24, 2.45) is 0 Å². The molecular weight excluding hydrogens is 270 g/mol. The van der Waals surface area contributed by atoms with Crippen molar-refractivity contribution in [3.63, 3.8) is 0 Å². The molecule has 0 atom stereocenters. The van der Waals surface area contributed by atoms with Crippen LogP contribution in [-0.4, -0.2) is 34.1 Å². The predicted octanol–water partition coefficient (Wildman–Crippen LogP) is 1.57. The molecule has 7 nitrogen and oxygen atoms in total. The molecule has 0 spiro atoms. The number of hydrogen-bond donors (Lipinski definition) is 2. The SMILES string of the molecule is CCCNc1ccnc(C(=O)NCCc2nc(C)no2)c1. The van der Waals surface area contributed by atoms with Gasteiger partial charge in [0.1, 0.15) is 5.69 Å². The highest BCUT2D eigenvalue weighted by Crippen LogP contribution is 2.08. The summed E-state index contributed by atoms with van der Waals surface area (Å²) >= 11 is 0. The van der Waals surface area contributed by atoms with Gasteiger partial charge < -0.3 is 15.2 Å². The number of aromatic nitrogens is 3. The summed E-state index contributed by atoms with van der Waals surface area (Å²) in [5.74, 6) is 0.887. The molecule has 7 heteroatoms. The van der Waals surface area contributed by atoms with Gasteiger partial charge in [0.05, 0.1) is 0 Å². The molecule has 0 radical (unpaired) electrons. The van der Waals surface area contributed by atoms with Gasteiger partial charge in [0.2, 0.25) is 5.89 Å². The van der Waals surface area contributed by atoms with Crippen LogP contribution in [0, 0.1) is 6.92 Å². The van der Waals surface area contributed by atoms with Crippen molar-refractivity contribution in [1.82, 2.24) is 20.4 Å². The van der Waals surface area contributed by atoms with Gasteiger partial charge in [0.15, 0.2) is 5.82 Å². The number of nitrogens with one attached hydrogen (secondary N) is 2. The van der Waals surface area contributed by atoms with Crippen LogP contribution in [0.25, 0.3) is 0 Å². The van der Waals surface area contributed by atoms with Gasteiger partial charge in [-0.2, -0.15) is 4.98 Å². The summed E-state index contributed by atoms with van der Waals surface area (Å²) in [4.78, 5) is 20.1. The molecule has 0 aromatic carbocycles. The molecule has 0 bridgehead atoms. The van der Waals surface area contributed by atoms with E-state index in [0.717, 1.165) is 18.7 Å². The fourth-order valence-corrected chi connectivity index (χ4v) is 1.75. The fraction of sp³-hybridized carbons (Fsp3) is 0.429. The molecule has 0 saturated heterocycles. The lowest BCUT2D eigenvalue weighted by Crippen LogP contribution is -2.26.